The normalized spacial score (nSPS) is 12.6. The number of nitro benzene ring substituents is 1. The molecule has 4 rings (SSSR count). The topological polar surface area (TPSA) is 64.2 Å². The van der Waals surface area contributed by atoms with Crippen LogP contribution in [0.25, 0.3) is 22.2 Å². The molecule has 0 spiro atoms. The van der Waals surface area contributed by atoms with E-state index in [-0.39, 0.29) is 10.6 Å². The third-order valence-electron chi connectivity index (χ3n) is 4.38. The van der Waals surface area contributed by atoms with Crippen LogP contribution in [0.3, 0.4) is 0 Å². The Hall–Kier alpha value is -2.38. The summed E-state index contributed by atoms with van der Waals surface area (Å²) in [4.78, 5) is 15.0. The summed E-state index contributed by atoms with van der Waals surface area (Å²) >= 11 is 1.47. The van der Waals surface area contributed by atoms with Crippen LogP contribution < -0.4 is 0 Å². The summed E-state index contributed by atoms with van der Waals surface area (Å²) in [5.74, 6) is 0. The molecule has 0 unspecified atom stereocenters. The predicted octanol–water partition coefficient (Wildman–Crippen LogP) is 4.03. The highest BCUT2D eigenvalue weighted by molar-refractivity contribution is 8.00. The van der Waals surface area contributed by atoms with Crippen molar-refractivity contribution in [3.63, 3.8) is 0 Å². The lowest BCUT2D eigenvalue weighted by Gasteiger charge is -2.14. The maximum Gasteiger partial charge on any atom is 0.284 e. The Morgan fingerprint density at radius 1 is 1.24 bits per heavy atom. The quantitative estimate of drug-likeness (QED) is 0.400. The first-order valence-electron chi connectivity index (χ1n) is 8.16. The van der Waals surface area contributed by atoms with Gasteiger partial charge in [-0.05, 0) is 39.2 Å². The zero-order chi connectivity index (χ0) is 17.6. The van der Waals surface area contributed by atoms with Gasteiger partial charge in [-0.2, -0.15) is 5.10 Å². The Kier molecular flexibility index (Phi) is 3.97. The number of fused-ring (bicyclic) bond motifs is 2. The van der Waals surface area contributed by atoms with E-state index in [0.29, 0.717) is 4.90 Å². The highest BCUT2D eigenvalue weighted by atomic mass is 32.2. The van der Waals surface area contributed by atoms with E-state index in [0.717, 1.165) is 46.6 Å². The summed E-state index contributed by atoms with van der Waals surface area (Å²) in [6.45, 7) is 1.76. The third kappa shape index (κ3) is 2.69. The van der Waals surface area contributed by atoms with Crippen molar-refractivity contribution < 1.29 is 4.92 Å². The minimum Gasteiger partial charge on any atom is -0.309 e. The molecule has 1 aliphatic rings. The number of aryl methyl sites for hydroxylation is 1. The summed E-state index contributed by atoms with van der Waals surface area (Å²) in [6.07, 6.45) is 0.977. The van der Waals surface area contributed by atoms with E-state index < -0.39 is 0 Å². The molecule has 0 aliphatic carbocycles. The van der Waals surface area contributed by atoms with Gasteiger partial charge in [-0.25, -0.2) is 0 Å². The maximum absolute atomic E-state index is 11.5. The van der Waals surface area contributed by atoms with Crippen LogP contribution in [0.1, 0.15) is 6.42 Å². The van der Waals surface area contributed by atoms with Crippen LogP contribution in [0, 0.1) is 10.1 Å². The van der Waals surface area contributed by atoms with Gasteiger partial charge in [-0.1, -0.05) is 30.0 Å². The maximum atomic E-state index is 11.5. The van der Waals surface area contributed by atoms with E-state index in [1.165, 1.54) is 11.8 Å². The summed E-state index contributed by atoms with van der Waals surface area (Å²) in [5, 5.41) is 17.2. The zero-order valence-corrected chi connectivity index (χ0v) is 14.9. The van der Waals surface area contributed by atoms with E-state index in [4.69, 9.17) is 5.10 Å². The highest BCUT2D eigenvalue weighted by Gasteiger charge is 2.29. The smallest absolute Gasteiger partial charge is 0.284 e. The van der Waals surface area contributed by atoms with Crippen LogP contribution >= 0.6 is 11.8 Å². The zero-order valence-electron chi connectivity index (χ0n) is 14.1. The predicted molar refractivity (Wildman–Crippen MR) is 99.1 cm³/mol. The summed E-state index contributed by atoms with van der Waals surface area (Å²) in [5.41, 5.74) is 3.03. The van der Waals surface area contributed by atoms with Gasteiger partial charge in [0, 0.05) is 28.5 Å². The van der Waals surface area contributed by atoms with E-state index in [1.54, 1.807) is 6.07 Å². The molecule has 0 saturated heterocycles. The molecule has 1 aromatic heterocycles. The summed E-state index contributed by atoms with van der Waals surface area (Å²) < 4.78 is 1.99. The second-order valence-corrected chi connectivity index (χ2v) is 7.44. The van der Waals surface area contributed by atoms with Crippen LogP contribution in [-0.4, -0.2) is 40.2 Å². The number of aromatic nitrogens is 2. The molecule has 2 heterocycles. The Bertz CT molecular complexity index is 981. The summed E-state index contributed by atoms with van der Waals surface area (Å²) in [6, 6.07) is 11.4. The second kappa shape index (κ2) is 6.16. The van der Waals surface area contributed by atoms with Crippen LogP contribution in [0.4, 0.5) is 5.69 Å². The monoisotopic (exact) mass is 354 g/mol. The van der Waals surface area contributed by atoms with Gasteiger partial charge in [0.05, 0.1) is 10.4 Å². The molecule has 0 saturated carbocycles. The van der Waals surface area contributed by atoms with E-state index >= 15 is 0 Å². The van der Waals surface area contributed by atoms with Gasteiger partial charge >= 0.3 is 0 Å². The molecule has 0 bridgehead atoms. The fourth-order valence-electron chi connectivity index (χ4n) is 3.23. The molecule has 0 radical (unpaired) electrons. The largest absolute Gasteiger partial charge is 0.309 e. The molecule has 6 nitrogen and oxygen atoms in total. The van der Waals surface area contributed by atoms with Crippen molar-refractivity contribution in [3.05, 3.63) is 46.5 Å². The fraction of sp³-hybridized carbons (Fsp3) is 0.278. The van der Waals surface area contributed by atoms with Gasteiger partial charge in [0.1, 0.15) is 10.6 Å². The first-order valence-corrected chi connectivity index (χ1v) is 8.98. The molecule has 128 valence electrons. The first kappa shape index (κ1) is 16.1. The highest BCUT2D eigenvalue weighted by Crippen LogP contribution is 2.50. The second-order valence-electron chi connectivity index (χ2n) is 6.39. The minimum absolute atomic E-state index is 0.154. The SMILES string of the molecule is CN(C)CCCn1nc2c3c(c([N+](=O)[O-])ccc31)Sc1ccccc1-2. The molecule has 7 heteroatoms. The van der Waals surface area contributed by atoms with Gasteiger partial charge in [0.25, 0.3) is 5.69 Å². The fourth-order valence-corrected chi connectivity index (χ4v) is 4.43. The molecule has 1 aliphatic heterocycles. The number of nitrogens with zero attached hydrogens (tertiary/aromatic N) is 4. The van der Waals surface area contributed by atoms with Gasteiger partial charge in [-0.3, -0.25) is 14.8 Å². The van der Waals surface area contributed by atoms with Gasteiger partial charge in [0.15, 0.2) is 0 Å². The molecule has 0 fully saturated rings. The van der Waals surface area contributed by atoms with Gasteiger partial charge < -0.3 is 4.90 Å². The van der Waals surface area contributed by atoms with E-state index in [9.17, 15) is 10.1 Å². The molecular weight excluding hydrogens is 336 g/mol. The van der Waals surface area contributed by atoms with Crippen LogP contribution in [0.15, 0.2) is 46.2 Å². The Balaban J connectivity index is 1.90. The van der Waals surface area contributed by atoms with Crippen molar-refractivity contribution in [3.8, 4) is 11.3 Å². The Morgan fingerprint density at radius 3 is 2.80 bits per heavy atom. The van der Waals surface area contributed by atoms with E-state index in [1.807, 2.05) is 35.0 Å². The average Bonchev–Trinajstić information content (AvgIpc) is 2.95. The van der Waals surface area contributed by atoms with E-state index in [2.05, 4.69) is 19.0 Å². The molecule has 25 heavy (non-hydrogen) atoms. The number of hydrogen-bond donors (Lipinski definition) is 0. The lowest BCUT2D eigenvalue weighted by molar-refractivity contribution is -0.387. The van der Waals surface area contributed by atoms with Gasteiger partial charge in [-0.15, -0.1) is 0 Å². The molecular formula is C18H18N4O2S. The number of benzene rings is 2. The Morgan fingerprint density at radius 2 is 2.04 bits per heavy atom. The molecule has 0 atom stereocenters. The number of rotatable bonds is 5. The van der Waals surface area contributed by atoms with Crippen LogP contribution in [0.2, 0.25) is 0 Å². The molecule has 3 aromatic rings. The minimum atomic E-state index is -0.303. The third-order valence-corrected chi connectivity index (χ3v) is 5.57. The van der Waals surface area contributed by atoms with Crippen molar-refractivity contribution in [1.82, 2.24) is 14.7 Å². The average molecular weight is 354 g/mol. The first-order chi connectivity index (χ1) is 12.1. The number of hydrogen-bond acceptors (Lipinski definition) is 5. The van der Waals surface area contributed by atoms with Gasteiger partial charge in [0.2, 0.25) is 0 Å². The molecule has 2 aromatic carbocycles. The molecule has 0 N–H and O–H groups in total. The lowest BCUT2D eigenvalue weighted by Crippen LogP contribution is -2.15. The van der Waals surface area contributed by atoms with Crippen molar-refractivity contribution in [2.24, 2.45) is 0 Å². The Labute approximate surface area is 149 Å². The summed E-state index contributed by atoms with van der Waals surface area (Å²) in [7, 11) is 4.10. The lowest BCUT2D eigenvalue weighted by atomic mass is 10.1. The van der Waals surface area contributed by atoms with Crippen molar-refractivity contribution in [2.45, 2.75) is 22.8 Å². The van der Waals surface area contributed by atoms with Crippen molar-refractivity contribution in [1.29, 1.82) is 0 Å². The number of nitro groups is 1. The molecule has 0 amide bonds. The van der Waals surface area contributed by atoms with Crippen molar-refractivity contribution >= 4 is 28.4 Å². The standard InChI is InChI=1S/C18H18N4O2S/c1-20(2)10-5-11-21-13-8-9-14(22(23)24)18-16(13)17(19-21)12-6-3-4-7-15(12)25-18/h3-4,6-9H,5,10-11H2,1-2H3. The van der Waals surface area contributed by atoms with Crippen molar-refractivity contribution in [2.75, 3.05) is 20.6 Å². The van der Waals surface area contributed by atoms with Crippen LogP contribution in [-0.2, 0) is 6.54 Å². The van der Waals surface area contributed by atoms with Crippen LogP contribution in [0.5, 0.6) is 0 Å².